The number of hydrogen-bond donors (Lipinski definition) is 3. The van der Waals surface area contributed by atoms with Crippen molar-refractivity contribution < 1.29 is 68.9 Å². The van der Waals surface area contributed by atoms with E-state index in [9.17, 15) is 0 Å². The molecule has 3 nitrogen and oxygen atoms in total. The van der Waals surface area contributed by atoms with Crippen LogP contribution >= 0.6 is 0 Å². The molecule has 0 saturated heterocycles. The summed E-state index contributed by atoms with van der Waals surface area (Å²) in [4.78, 5) is 0.913. The van der Waals surface area contributed by atoms with Gasteiger partial charge in [-0.25, -0.2) is 0 Å². The minimum atomic E-state index is 0. The van der Waals surface area contributed by atoms with Gasteiger partial charge in [-0.2, -0.15) is 4.90 Å². The van der Waals surface area contributed by atoms with Crippen LogP contribution in [0.1, 0.15) is 27.8 Å². The van der Waals surface area contributed by atoms with Crippen LogP contribution in [0.25, 0.3) is 0 Å². The average molecular weight is 511 g/mol. The van der Waals surface area contributed by atoms with Gasteiger partial charge in [0.15, 0.2) is 0 Å². The normalized spacial score (nSPS) is 9.00. The first-order valence-corrected chi connectivity index (χ1v) is 9.13. The van der Waals surface area contributed by atoms with E-state index in [2.05, 4.69) is 38.1 Å². The minimum Gasteiger partial charge on any atom is -0.780 e. The van der Waals surface area contributed by atoms with Crippen LogP contribution in [0, 0.1) is 26.2 Å². The van der Waals surface area contributed by atoms with Gasteiger partial charge in [0.2, 0.25) is 0 Å². The van der Waals surface area contributed by atoms with Gasteiger partial charge in [0.1, 0.15) is 5.84 Å². The summed E-state index contributed by atoms with van der Waals surface area (Å²) in [6.45, 7) is 6.76. The second kappa shape index (κ2) is 15.2. The third kappa shape index (κ3) is 12.0. The maximum atomic E-state index is 7.08. The van der Waals surface area contributed by atoms with Crippen molar-refractivity contribution in [2.45, 2.75) is 32.2 Å². The van der Waals surface area contributed by atoms with Gasteiger partial charge in [-0.3, -0.25) is 5.41 Å². The Labute approximate surface area is 233 Å². The number of nitrogens with two attached hydrogens (primary N) is 2. The fraction of sp³-hybridized carbons (Fsp3) is 0.174. The molecule has 0 heterocycles. The largest absolute Gasteiger partial charge is 1.00 e. The summed E-state index contributed by atoms with van der Waals surface area (Å²) in [6.07, 6.45) is 0. The van der Waals surface area contributed by atoms with Crippen molar-refractivity contribution in [3.63, 3.8) is 0 Å². The molecule has 5 N–H and O–H groups in total. The smallest absolute Gasteiger partial charge is 0.780 e. The van der Waals surface area contributed by atoms with Crippen LogP contribution in [0.15, 0.2) is 77.7 Å². The number of rotatable bonds is 2. The van der Waals surface area contributed by atoms with Crippen molar-refractivity contribution in [2.75, 3.05) is 0 Å². The zero-order valence-corrected chi connectivity index (χ0v) is 24.3. The van der Waals surface area contributed by atoms with E-state index in [1.807, 2.05) is 55.5 Å². The Balaban J connectivity index is 0.000000386. The summed E-state index contributed by atoms with van der Waals surface area (Å²) in [5.41, 5.74) is 16.4. The summed E-state index contributed by atoms with van der Waals surface area (Å²) >= 11 is 4.87. The Kier molecular flexibility index (Phi) is 14.9. The van der Waals surface area contributed by atoms with E-state index >= 15 is 0 Å². The Morgan fingerprint density at radius 2 is 1.11 bits per heavy atom. The molecule has 5 heteroatoms. The topological polar surface area (TPSA) is 75.9 Å². The number of amidine groups is 1. The van der Waals surface area contributed by atoms with Gasteiger partial charge in [-0.1, -0.05) is 89.5 Å². The predicted octanol–water partition coefficient (Wildman–Crippen LogP) is 1.64. The maximum Gasteiger partial charge on any atom is 1.00 e. The summed E-state index contributed by atoms with van der Waals surface area (Å²) in [5, 5.41) is 7.08. The monoisotopic (exact) mass is 511 g/mol. The fourth-order valence-corrected chi connectivity index (χ4v) is 2.13. The van der Waals surface area contributed by atoms with Crippen LogP contribution in [0.2, 0.25) is 0 Å². The summed E-state index contributed by atoms with van der Waals surface area (Å²) < 4.78 is 0. The van der Waals surface area contributed by atoms with Gasteiger partial charge in [0.25, 0.3) is 0 Å². The van der Waals surface area contributed by atoms with Crippen LogP contribution in [0.4, 0.5) is 0 Å². The predicted molar refractivity (Wildman–Crippen MR) is 118 cm³/mol. The number of nitrogen functional groups attached to an aromatic ring is 1. The first kappa shape index (κ1) is 27.4. The summed E-state index contributed by atoms with van der Waals surface area (Å²) in [7, 11) is 0. The van der Waals surface area contributed by atoms with Crippen molar-refractivity contribution >= 4 is 18.5 Å². The molecule has 0 atom stereocenters. The molecule has 0 aliphatic carbocycles. The number of benzene rings is 3. The van der Waals surface area contributed by atoms with Gasteiger partial charge >= 0.3 is 68.9 Å². The van der Waals surface area contributed by atoms with E-state index in [-0.39, 0.29) is 74.7 Å². The van der Waals surface area contributed by atoms with Gasteiger partial charge in [-0.05, 0) is 26.3 Å². The van der Waals surface area contributed by atoms with Crippen LogP contribution in [0.3, 0.4) is 0 Å². The Morgan fingerprint density at radius 3 is 1.43 bits per heavy atom. The van der Waals surface area contributed by atoms with E-state index in [0.717, 1.165) is 10.5 Å². The molecule has 0 aliphatic rings. The van der Waals surface area contributed by atoms with E-state index in [1.165, 1.54) is 22.3 Å². The zero-order valence-electron chi connectivity index (χ0n) is 17.2. The van der Waals surface area contributed by atoms with Crippen LogP contribution in [-0.2, 0) is 19.2 Å². The first-order valence-electron chi connectivity index (χ1n) is 8.72. The Morgan fingerprint density at radius 1 is 0.750 bits per heavy atom. The van der Waals surface area contributed by atoms with Gasteiger partial charge in [0.05, 0.1) is 0 Å². The second-order valence-electron chi connectivity index (χ2n) is 6.28. The maximum absolute atomic E-state index is 7.08. The van der Waals surface area contributed by atoms with Crippen LogP contribution < -0.4 is 80.4 Å². The second-order valence-corrected chi connectivity index (χ2v) is 6.75. The molecular formula is C23H28CsN3S. The standard InChI is InChI=1S/C8H10N2.C8H11N.C7H8S.Cs/c1-6-2-4-7(5-3-6)8(9)10;1-7-2-4-8(6-9)5-3-7;1-6-2-4-7(8)5-3-6;/h2-5H,1H3,(H3,9,10);2-5H,6,9H2,1H3;2-5,8H,1H3;/q;;;+1/p-1. The third-order valence-electron chi connectivity index (χ3n) is 3.74. The quantitative estimate of drug-likeness (QED) is 0.278. The Bertz CT molecular complexity index is 793. The molecule has 0 radical (unpaired) electrons. The van der Waals surface area contributed by atoms with Crippen LogP contribution in [-0.4, -0.2) is 5.84 Å². The molecule has 0 aromatic heterocycles. The van der Waals surface area contributed by atoms with Gasteiger partial charge < -0.3 is 24.1 Å². The molecule has 0 spiro atoms. The molecule has 0 bridgehead atoms. The third-order valence-corrected chi connectivity index (χ3v) is 4.01. The fourth-order valence-electron chi connectivity index (χ4n) is 2.00. The van der Waals surface area contributed by atoms with E-state index in [4.69, 9.17) is 29.5 Å². The molecule has 0 amide bonds. The summed E-state index contributed by atoms with van der Waals surface area (Å²) in [6, 6.07) is 23.7. The first-order chi connectivity index (χ1) is 12.8. The van der Waals surface area contributed by atoms with E-state index in [1.54, 1.807) is 0 Å². The van der Waals surface area contributed by atoms with Crippen molar-refractivity contribution in [2.24, 2.45) is 11.5 Å². The molecule has 3 rings (SSSR count). The van der Waals surface area contributed by atoms with Crippen molar-refractivity contribution in [3.8, 4) is 0 Å². The molecule has 3 aromatic carbocycles. The molecule has 0 unspecified atom stereocenters. The number of hydrogen-bond acceptors (Lipinski definition) is 3. The molecule has 0 fully saturated rings. The number of nitrogens with one attached hydrogen (secondary N) is 1. The SMILES string of the molecule is Cc1ccc(C(=N)N)cc1.Cc1ccc(CN)cc1.Cc1ccc([S-])cc1.[Cs+]. The zero-order chi connectivity index (χ0) is 20.2. The molecule has 142 valence electrons. The van der Waals surface area contributed by atoms with E-state index < -0.39 is 0 Å². The minimum absolute atomic E-state index is 0. The van der Waals surface area contributed by atoms with Crippen molar-refractivity contribution in [1.82, 2.24) is 0 Å². The molecule has 0 aliphatic heterocycles. The average Bonchev–Trinajstić information content (AvgIpc) is 2.66. The Hall–Kier alpha value is -0.638. The van der Waals surface area contributed by atoms with E-state index in [0.29, 0.717) is 6.54 Å². The van der Waals surface area contributed by atoms with Gasteiger partial charge in [0, 0.05) is 12.1 Å². The molecule has 3 aromatic rings. The molecule has 28 heavy (non-hydrogen) atoms. The van der Waals surface area contributed by atoms with Crippen LogP contribution in [0.5, 0.6) is 0 Å². The van der Waals surface area contributed by atoms with Crippen molar-refractivity contribution in [1.29, 1.82) is 5.41 Å². The number of aryl methyl sites for hydroxylation is 3. The summed E-state index contributed by atoms with van der Waals surface area (Å²) in [5.74, 6) is 0.125. The molecule has 0 saturated carbocycles. The van der Waals surface area contributed by atoms with Crippen molar-refractivity contribution in [3.05, 3.63) is 101 Å². The molecular weight excluding hydrogens is 483 g/mol. The van der Waals surface area contributed by atoms with Gasteiger partial charge in [-0.15, -0.1) is 0 Å².